The van der Waals surface area contributed by atoms with Gasteiger partial charge in [0.05, 0.1) is 13.1 Å². The summed E-state index contributed by atoms with van der Waals surface area (Å²) in [6, 6.07) is 11.1. The number of para-hydroxylation sites is 1. The molecule has 27 heavy (non-hydrogen) atoms. The van der Waals surface area contributed by atoms with Crippen molar-refractivity contribution in [2.75, 3.05) is 18.4 Å². The lowest BCUT2D eigenvalue weighted by atomic mass is 10.1. The van der Waals surface area contributed by atoms with E-state index in [4.69, 9.17) is 0 Å². The number of carbonyl (C=O) groups excluding carboxylic acids is 3. The molecule has 0 aliphatic rings. The predicted octanol–water partition coefficient (Wildman–Crippen LogP) is 2.40. The fourth-order valence-electron chi connectivity index (χ4n) is 2.58. The molecule has 0 heterocycles. The average molecular weight is 367 g/mol. The Morgan fingerprint density at radius 1 is 0.741 bits per heavy atom. The van der Waals surface area contributed by atoms with Gasteiger partial charge in [-0.3, -0.25) is 14.4 Å². The van der Waals surface area contributed by atoms with Crippen LogP contribution in [0.4, 0.5) is 5.69 Å². The van der Waals surface area contributed by atoms with Gasteiger partial charge in [0.2, 0.25) is 11.8 Å². The van der Waals surface area contributed by atoms with E-state index in [0.29, 0.717) is 5.56 Å². The van der Waals surface area contributed by atoms with Crippen molar-refractivity contribution in [1.82, 2.24) is 10.6 Å². The van der Waals surface area contributed by atoms with Crippen LogP contribution in [0.3, 0.4) is 0 Å². The van der Waals surface area contributed by atoms with E-state index in [2.05, 4.69) is 16.0 Å². The quantitative estimate of drug-likeness (QED) is 0.733. The average Bonchev–Trinajstić information content (AvgIpc) is 2.63. The van der Waals surface area contributed by atoms with Gasteiger partial charge in [-0.05, 0) is 62.1 Å². The fraction of sp³-hybridized carbons (Fsp3) is 0.286. The first-order valence-corrected chi connectivity index (χ1v) is 8.76. The minimum Gasteiger partial charge on any atom is -0.345 e. The molecule has 0 aliphatic carbocycles. The van der Waals surface area contributed by atoms with Crippen molar-refractivity contribution < 1.29 is 14.4 Å². The molecule has 6 heteroatoms. The van der Waals surface area contributed by atoms with Crippen LogP contribution in [0, 0.1) is 27.7 Å². The number of hydrogen-bond acceptors (Lipinski definition) is 3. The van der Waals surface area contributed by atoms with Crippen molar-refractivity contribution in [3.8, 4) is 0 Å². The summed E-state index contributed by atoms with van der Waals surface area (Å²) in [6.45, 7) is 7.35. The van der Waals surface area contributed by atoms with Crippen LogP contribution in [0.5, 0.6) is 0 Å². The standard InChI is InChI=1S/C21H25N3O3/c1-13-8-9-17(10-16(13)4)21(27)23-11-18(25)22-12-19(26)24-20-14(2)6-5-7-15(20)3/h5-10H,11-12H2,1-4H3,(H,22,25)(H,23,27)(H,24,26). The van der Waals surface area contributed by atoms with Crippen LogP contribution in [0.1, 0.15) is 32.6 Å². The lowest BCUT2D eigenvalue weighted by molar-refractivity contribution is -0.123. The summed E-state index contributed by atoms with van der Waals surface area (Å²) < 4.78 is 0. The van der Waals surface area contributed by atoms with E-state index in [1.54, 1.807) is 12.1 Å². The van der Waals surface area contributed by atoms with E-state index >= 15 is 0 Å². The molecule has 0 aliphatic heterocycles. The highest BCUT2D eigenvalue weighted by Crippen LogP contribution is 2.18. The van der Waals surface area contributed by atoms with Crippen LogP contribution >= 0.6 is 0 Å². The Hall–Kier alpha value is -3.15. The van der Waals surface area contributed by atoms with Gasteiger partial charge in [-0.1, -0.05) is 24.3 Å². The molecule has 2 rings (SSSR count). The monoisotopic (exact) mass is 367 g/mol. The Morgan fingerprint density at radius 2 is 1.37 bits per heavy atom. The molecule has 6 nitrogen and oxygen atoms in total. The zero-order chi connectivity index (χ0) is 20.0. The Kier molecular flexibility index (Phi) is 6.71. The molecule has 0 aromatic heterocycles. The van der Waals surface area contributed by atoms with Crippen molar-refractivity contribution in [2.24, 2.45) is 0 Å². The first-order valence-electron chi connectivity index (χ1n) is 8.76. The molecule has 0 spiro atoms. The van der Waals surface area contributed by atoms with Crippen molar-refractivity contribution in [1.29, 1.82) is 0 Å². The minimum atomic E-state index is -0.427. The number of benzene rings is 2. The highest BCUT2D eigenvalue weighted by Gasteiger charge is 2.11. The van der Waals surface area contributed by atoms with Gasteiger partial charge in [-0.15, -0.1) is 0 Å². The van der Waals surface area contributed by atoms with E-state index in [9.17, 15) is 14.4 Å². The molecule has 0 saturated heterocycles. The van der Waals surface area contributed by atoms with Gasteiger partial charge < -0.3 is 16.0 Å². The number of nitrogens with one attached hydrogen (secondary N) is 3. The fourth-order valence-corrected chi connectivity index (χ4v) is 2.58. The summed E-state index contributed by atoms with van der Waals surface area (Å²) in [5, 5.41) is 7.85. The topological polar surface area (TPSA) is 87.3 Å². The van der Waals surface area contributed by atoms with Crippen LogP contribution in [-0.2, 0) is 9.59 Å². The smallest absolute Gasteiger partial charge is 0.251 e. The molecule has 142 valence electrons. The molecule has 0 unspecified atom stereocenters. The van der Waals surface area contributed by atoms with E-state index < -0.39 is 5.91 Å². The van der Waals surface area contributed by atoms with Crippen LogP contribution < -0.4 is 16.0 Å². The van der Waals surface area contributed by atoms with Crippen LogP contribution in [-0.4, -0.2) is 30.8 Å². The maximum atomic E-state index is 12.1. The van der Waals surface area contributed by atoms with Crippen LogP contribution in [0.15, 0.2) is 36.4 Å². The summed E-state index contributed by atoms with van der Waals surface area (Å²) in [7, 11) is 0. The molecule has 3 N–H and O–H groups in total. The van der Waals surface area contributed by atoms with Crippen LogP contribution in [0.2, 0.25) is 0 Å². The molecular formula is C21H25N3O3. The van der Waals surface area contributed by atoms with Gasteiger partial charge in [0, 0.05) is 11.3 Å². The summed E-state index contributed by atoms with van der Waals surface area (Å²) in [4.78, 5) is 36.0. The number of aryl methyl sites for hydroxylation is 4. The third-order valence-electron chi connectivity index (χ3n) is 4.37. The van der Waals surface area contributed by atoms with Gasteiger partial charge in [-0.2, -0.15) is 0 Å². The highest BCUT2D eigenvalue weighted by atomic mass is 16.2. The molecule has 0 radical (unpaired) electrons. The SMILES string of the molecule is Cc1ccc(C(=O)NCC(=O)NCC(=O)Nc2c(C)cccc2C)cc1C. The number of hydrogen-bond donors (Lipinski definition) is 3. The molecule has 0 fully saturated rings. The predicted molar refractivity (Wildman–Crippen MR) is 106 cm³/mol. The number of anilines is 1. The zero-order valence-electron chi connectivity index (χ0n) is 16.1. The molecule has 0 bridgehead atoms. The second-order valence-electron chi connectivity index (χ2n) is 6.57. The lowest BCUT2D eigenvalue weighted by Crippen LogP contribution is -2.40. The zero-order valence-corrected chi connectivity index (χ0v) is 16.1. The lowest BCUT2D eigenvalue weighted by Gasteiger charge is -2.12. The third kappa shape index (κ3) is 5.67. The first-order chi connectivity index (χ1) is 12.8. The summed E-state index contributed by atoms with van der Waals surface area (Å²) in [5.74, 6) is -1.07. The molecule has 0 saturated carbocycles. The first kappa shape index (κ1) is 20.2. The Labute approximate surface area is 159 Å². The third-order valence-corrected chi connectivity index (χ3v) is 4.37. The van der Waals surface area contributed by atoms with E-state index in [0.717, 1.165) is 27.9 Å². The normalized spacial score (nSPS) is 10.2. The largest absolute Gasteiger partial charge is 0.345 e. The van der Waals surface area contributed by atoms with Crippen molar-refractivity contribution in [3.05, 3.63) is 64.2 Å². The summed E-state index contributed by atoms with van der Waals surface area (Å²) in [5.41, 5.74) is 5.26. The van der Waals surface area contributed by atoms with E-state index in [1.807, 2.05) is 52.0 Å². The van der Waals surface area contributed by atoms with Gasteiger partial charge >= 0.3 is 0 Å². The molecule has 2 aromatic carbocycles. The van der Waals surface area contributed by atoms with Crippen molar-refractivity contribution in [3.63, 3.8) is 0 Å². The summed E-state index contributed by atoms with van der Waals surface area (Å²) >= 11 is 0. The Morgan fingerprint density at radius 3 is 2.00 bits per heavy atom. The van der Waals surface area contributed by atoms with Gasteiger partial charge in [0.15, 0.2) is 0 Å². The molecular weight excluding hydrogens is 342 g/mol. The Balaban J connectivity index is 1.79. The van der Waals surface area contributed by atoms with Gasteiger partial charge in [0.1, 0.15) is 0 Å². The van der Waals surface area contributed by atoms with Gasteiger partial charge in [0.25, 0.3) is 5.91 Å². The maximum Gasteiger partial charge on any atom is 0.251 e. The molecule has 3 amide bonds. The number of rotatable bonds is 6. The van der Waals surface area contributed by atoms with Crippen molar-refractivity contribution in [2.45, 2.75) is 27.7 Å². The second kappa shape index (κ2) is 8.98. The second-order valence-corrected chi connectivity index (χ2v) is 6.57. The Bertz CT molecular complexity index is 855. The highest BCUT2D eigenvalue weighted by molar-refractivity contribution is 5.98. The molecule has 0 atom stereocenters. The van der Waals surface area contributed by atoms with E-state index in [1.165, 1.54) is 0 Å². The number of carbonyl (C=O) groups is 3. The minimum absolute atomic E-state index is 0.161. The van der Waals surface area contributed by atoms with Crippen LogP contribution in [0.25, 0.3) is 0 Å². The molecule has 2 aromatic rings. The van der Waals surface area contributed by atoms with Crippen molar-refractivity contribution >= 4 is 23.4 Å². The maximum absolute atomic E-state index is 12.1. The van der Waals surface area contributed by atoms with E-state index in [-0.39, 0.29) is 24.9 Å². The number of amides is 3. The summed E-state index contributed by atoms with van der Waals surface area (Å²) in [6.07, 6.45) is 0. The van der Waals surface area contributed by atoms with Gasteiger partial charge in [-0.25, -0.2) is 0 Å².